The van der Waals surface area contributed by atoms with Gasteiger partial charge in [0, 0.05) is 18.7 Å². The fourth-order valence-electron chi connectivity index (χ4n) is 2.89. The lowest BCUT2D eigenvalue weighted by molar-refractivity contribution is -0.126. The van der Waals surface area contributed by atoms with E-state index in [4.69, 9.17) is 5.73 Å². The van der Waals surface area contributed by atoms with E-state index in [9.17, 15) is 22.8 Å². The molecule has 0 unspecified atom stereocenters. The monoisotopic (exact) mass is 409 g/mol. The molecule has 2 rings (SSSR count). The third-order valence-corrected chi connectivity index (χ3v) is 6.30. The van der Waals surface area contributed by atoms with Crippen molar-refractivity contribution in [2.45, 2.75) is 37.8 Å². The summed E-state index contributed by atoms with van der Waals surface area (Å²) in [6.45, 7) is 3.23. The summed E-state index contributed by atoms with van der Waals surface area (Å²) >= 11 is 0. The number of rotatable bonds is 7. The van der Waals surface area contributed by atoms with E-state index in [0.717, 1.165) is 4.31 Å². The topological polar surface area (TPSA) is 140 Å². The molecule has 1 fully saturated rings. The summed E-state index contributed by atoms with van der Waals surface area (Å²) in [6, 6.07) is 3.75. The van der Waals surface area contributed by atoms with E-state index >= 15 is 0 Å². The molecule has 2 amide bonds. The first kappa shape index (κ1) is 22.0. The minimum atomic E-state index is -3.90. The highest BCUT2D eigenvalue weighted by Gasteiger charge is 2.36. The Labute approximate surface area is 164 Å². The highest BCUT2D eigenvalue weighted by atomic mass is 32.2. The van der Waals surface area contributed by atoms with Crippen LogP contribution in [-0.4, -0.2) is 54.4 Å². The standard InChI is InChI=1S/C18H25N4O5S/c1-12-9-14(21-16(24)7-6-13(2)18(19)25)15(23)11-22(10-12)28(26,27)17-5-3-4-8-20-17/h3-5,7-8,12-14H,6,9-11H2,1-2H3,(H2,19,25)(H,21,24)/t12-,13+,14-/m1/s1. The minimum absolute atomic E-state index is 0.119. The van der Waals surface area contributed by atoms with E-state index in [-0.39, 0.29) is 30.5 Å². The Bertz CT molecular complexity index is 828. The van der Waals surface area contributed by atoms with Gasteiger partial charge in [-0.15, -0.1) is 0 Å². The quantitative estimate of drug-likeness (QED) is 0.644. The van der Waals surface area contributed by atoms with Crippen molar-refractivity contribution in [3.05, 3.63) is 30.8 Å². The van der Waals surface area contributed by atoms with Crippen molar-refractivity contribution in [1.29, 1.82) is 0 Å². The molecular weight excluding hydrogens is 384 g/mol. The Kier molecular flexibility index (Phi) is 7.25. The second-order valence-corrected chi connectivity index (χ2v) is 8.96. The molecule has 0 bridgehead atoms. The van der Waals surface area contributed by atoms with Crippen LogP contribution in [0.2, 0.25) is 0 Å². The SMILES string of the molecule is C[C@@H]1C[C@@H](NC(=O)[CH]C[C@H](C)C(N)=O)C(=O)CN(S(=O)(=O)c2ccccn2)C1. The second kappa shape index (κ2) is 9.24. The van der Waals surface area contributed by atoms with Crippen LogP contribution in [0.1, 0.15) is 26.7 Å². The minimum Gasteiger partial charge on any atom is -0.369 e. The van der Waals surface area contributed by atoms with Gasteiger partial charge in [0.05, 0.1) is 19.0 Å². The number of nitrogens with two attached hydrogens (primary N) is 1. The number of nitrogens with zero attached hydrogens (tertiary/aromatic N) is 2. The molecule has 0 aliphatic carbocycles. The van der Waals surface area contributed by atoms with Crippen molar-refractivity contribution in [2.24, 2.45) is 17.6 Å². The molecule has 1 aliphatic heterocycles. The van der Waals surface area contributed by atoms with Crippen LogP contribution < -0.4 is 11.1 Å². The molecule has 3 atom stereocenters. The van der Waals surface area contributed by atoms with E-state index in [1.165, 1.54) is 18.7 Å². The highest BCUT2D eigenvalue weighted by Crippen LogP contribution is 2.21. The average Bonchev–Trinajstić information content (AvgIpc) is 2.79. The number of primary amides is 1. The van der Waals surface area contributed by atoms with Crippen LogP contribution in [0.3, 0.4) is 0 Å². The summed E-state index contributed by atoms with van der Waals surface area (Å²) in [7, 11) is -3.90. The Hall–Kier alpha value is -2.33. The first-order valence-electron chi connectivity index (χ1n) is 8.98. The Balaban J connectivity index is 2.05. The van der Waals surface area contributed by atoms with Crippen LogP contribution in [-0.2, 0) is 24.4 Å². The van der Waals surface area contributed by atoms with Gasteiger partial charge < -0.3 is 11.1 Å². The van der Waals surface area contributed by atoms with Crippen molar-refractivity contribution >= 4 is 27.6 Å². The predicted octanol–water partition coefficient (Wildman–Crippen LogP) is -0.118. The maximum Gasteiger partial charge on any atom is 0.260 e. The summed E-state index contributed by atoms with van der Waals surface area (Å²) in [6.07, 6.45) is 3.14. The van der Waals surface area contributed by atoms with E-state index < -0.39 is 39.6 Å². The zero-order valence-corrected chi connectivity index (χ0v) is 16.7. The molecule has 28 heavy (non-hydrogen) atoms. The van der Waals surface area contributed by atoms with Crippen molar-refractivity contribution in [2.75, 3.05) is 13.1 Å². The molecule has 1 aromatic heterocycles. The number of Topliss-reactive ketones (excluding diaryl/α,β-unsaturated/α-hetero) is 1. The van der Waals surface area contributed by atoms with Gasteiger partial charge in [-0.25, -0.2) is 13.4 Å². The van der Waals surface area contributed by atoms with E-state index in [0.29, 0.717) is 6.42 Å². The van der Waals surface area contributed by atoms with Crippen molar-refractivity contribution in [3.63, 3.8) is 0 Å². The van der Waals surface area contributed by atoms with Gasteiger partial charge in [0.25, 0.3) is 10.0 Å². The normalized spacial score (nSPS) is 22.3. The van der Waals surface area contributed by atoms with Gasteiger partial charge >= 0.3 is 0 Å². The Morgan fingerprint density at radius 3 is 2.75 bits per heavy atom. The lowest BCUT2D eigenvalue weighted by atomic mass is 10.00. The molecule has 153 valence electrons. The second-order valence-electron chi connectivity index (χ2n) is 7.08. The fraction of sp³-hybridized carbons (Fsp3) is 0.500. The summed E-state index contributed by atoms with van der Waals surface area (Å²) in [5.41, 5.74) is 5.16. The van der Waals surface area contributed by atoms with Crippen LogP contribution in [0.5, 0.6) is 0 Å². The maximum absolute atomic E-state index is 12.8. The molecule has 1 aromatic rings. The average molecular weight is 409 g/mol. The number of carbonyl (C=O) groups is 3. The molecule has 0 spiro atoms. The van der Waals surface area contributed by atoms with E-state index in [1.54, 1.807) is 19.1 Å². The smallest absolute Gasteiger partial charge is 0.260 e. The number of hydrogen-bond acceptors (Lipinski definition) is 6. The number of aromatic nitrogens is 1. The first-order chi connectivity index (χ1) is 13.1. The number of sulfonamides is 1. The van der Waals surface area contributed by atoms with Crippen LogP contribution in [0, 0.1) is 18.3 Å². The van der Waals surface area contributed by atoms with Crippen molar-refractivity contribution in [3.8, 4) is 0 Å². The van der Waals surface area contributed by atoms with Crippen LogP contribution in [0.15, 0.2) is 29.4 Å². The van der Waals surface area contributed by atoms with Gasteiger partial charge in [-0.05, 0) is 30.9 Å². The van der Waals surface area contributed by atoms with Crippen LogP contribution in [0.4, 0.5) is 0 Å². The molecule has 1 saturated heterocycles. The van der Waals surface area contributed by atoms with Crippen LogP contribution >= 0.6 is 0 Å². The molecule has 9 nitrogen and oxygen atoms in total. The van der Waals surface area contributed by atoms with Crippen LogP contribution in [0.25, 0.3) is 0 Å². The molecule has 1 radical (unpaired) electrons. The third kappa shape index (κ3) is 5.59. The third-order valence-electron chi connectivity index (χ3n) is 4.58. The maximum atomic E-state index is 12.8. The molecule has 10 heteroatoms. The first-order valence-corrected chi connectivity index (χ1v) is 10.4. The number of amides is 2. The van der Waals surface area contributed by atoms with Gasteiger partial charge in [0.1, 0.15) is 0 Å². The molecular formula is C18H25N4O5S. The lowest BCUT2D eigenvalue weighted by Crippen LogP contribution is -2.44. The fourth-order valence-corrected chi connectivity index (χ4v) is 4.35. The number of carbonyl (C=O) groups excluding carboxylic acids is 3. The zero-order chi connectivity index (χ0) is 20.9. The summed E-state index contributed by atoms with van der Waals surface area (Å²) in [5.74, 6) is -2.04. The van der Waals surface area contributed by atoms with Gasteiger partial charge in [-0.1, -0.05) is 19.9 Å². The highest BCUT2D eigenvalue weighted by molar-refractivity contribution is 7.89. The number of nitrogens with one attached hydrogen (secondary N) is 1. The molecule has 0 saturated carbocycles. The van der Waals surface area contributed by atoms with Gasteiger partial charge in [-0.3, -0.25) is 14.4 Å². The number of pyridine rings is 1. The summed E-state index contributed by atoms with van der Waals surface area (Å²) in [5, 5.41) is 2.49. The molecule has 2 heterocycles. The Morgan fingerprint density at radius 1 is 1.43 bits per heavy atom. The number of hydrogen-bond donors (Lipinski definition) is 2. The zero-order valence-electron chi connectivity index (χ0n) is 15.9. The molecule has 3 N–H and O–H groups in total. The van der Waals surface area contributed by atoms with Crippen molar-refractivity contribution in [1.82, 2.24) is 14.6 Å². The van der Waals surface area contributed by atoms with Gasteiger partial charge in [0.2, 0.25) is 11.8 Å². The summed E-state index contributed by atoms with van der Waals surface area (Å²) < 4.78 is 26.7. The largest absolute Gasteiger partial charge is 0.369 e. The Morgan fingerprint density at radius 2 is 2.14 bits per heavy atom. The molecule has 0 aromatic carbocycles. The van der Waals surface area contributed by atoms with E-state index in [1.807, 2.05) is 6.92 Å². The summed E-state index contributed by atoms with van der Waals surface area (Å²) in [4.78, 5) is 39.6. The molecule has 1 aliphatic rings. The van der Waals surface area contributed by atoms with Crippen molar-refractivity contribution < 1.29 is 22.8 Å². The predicted molar refractivity (Wildman–Crippen MR) is 101 cm³/mol. The van der Waals surface area contributed by atoms with Gasteiger partial charge in [-0.2, -0.15) is 4.31 Å². The van der Waals surface area contributed by atoms with Gasteiger partial charge in [0.15, 0.2) is 10.8 Å². The van der Waals surface area contributed by atoms with E-state index in [2.05, 4.69) is 10.3 Å². The number of ketones is 1. The lowest BCUT2D eigenvalue weighted by Gasteiger charge is -2.20.